The average Bonchev–Trinajstić information content (AvgIpc) is 2.35. The van der Waals surface area contributed by atoms with E-state index in [0.717, 1.165) is 0 Å². The van der Waals surface area contributed by atoms with Crippen LogP contribution in [0, 0.1) is 5.92 Å². The van der Waals surface area contributed by atoms with Crippen molar-refractivity contribution in [3.63, 3.8) is 0 Å². The van der Waals surface area contributed by atoms with Gasteiger partial charge in [-0.25, -0.2) is 0 Å². The maximum Gasteiger partial charge on any atom is 0.305 e. The van der Waals surface area contributed by atoms with E-state index in [4.69, 9.17) is 18.9 Å². The molecule has 0 aromatic carbocycles. The highest BCUT2D eigenvalue weighted by atomic mass is 16.7. The maximum atomic E-state index is 11.1. The number of esters is 3. The second-order valence-corrected chi connectivity index (χ2v) is 4.88. The quantitative estimate of drug-likeness (QED) is 0.560. The van der Waals surface area contributed by atoms with Crippen LogP contribution in [-0.4, -0.2) is 54.2 Å². The first kappa shape index (κ1) is 17.4. The van der Waals surface area contributed by atoms with Gasteiger partial charge in [0.15, 0.2) is 6.10 Å². The molecule has 8 nitrogen and oxygen atoms in total. The Kier molecular flexibility index (Phi) is 6.10. The molecule has 1 N–H and O–H groups in total. The number of carbonyl (C=O) groups excluding carboxylic acids is 3. The fourth-order valence-electron chi connectivity index (χ4n) is 2.06. The van der Waals surface area contributed by atoms with Gasteiger partial charge in [-0.2, -0.15) is 0 Å². The van der Waals surface area contributed by atoms with Crippen molar-refractivity contribution < 1.29 is 38.4 Å². The normalized spacial score (nSPS) is 32.1. The minimum atomic E-state index is -1.16. The summed E-state index contributed by atoms with van der Waals surface area (Å²) in [7, 11) is 0. The summed E-state index contributed by atoms with van der Waals surface area (Å²) in [5, 5.41) is 10.1. The zero-order chi connectivity index (χ0) is 16.2. The molecule has 1 saturated heterocycles. The van der Waals surface area contributed by atoms with Gasteiger partial charge in [0.2, 0.25) is 6.29 Å². The zero-order valence-electron chi connectivity index (χ0n) is 12.4. The molecule has 1 heterocycles. The van der Waals surface area contributed by atoms with E-state index in [-0.39, 0.29) is 6.61 Å². The Hall–Kier alpha value is -1.67. The molecule has 1 aliphatic heterocycles. The number of aliphatic hydroxyl groups is 1. The van der Waals surface area contributed by atoms with Gasteiger partial charge >= 0.3 is 17.9 Å². The van der Waals surface area contributed by atoms with Gasteiger partial charge in [-0.15, -0.1) is 0 Å². The molecule has 1 fully saturated rings. The Morgan fingerprint density at radius 3 is 2.10 bits per heavy atom. The monoisotopic (exact) mass is 304 g/mol. The summed E-state index contributed by atoms with van der Waals surface area (Å²) in [6.45, 7) is 5.05. The molecular formula is C13H20O8. The molecule has 0 radical (unpaired) electrons. The van der Waals surface area contributed by atoms with Gasteiger partial charge in [0.1, 0.15) is 12.7 Å². The third kappa shape index (κ3) is 4.98. The topological polar surface area (TPSA) is 108 Å². The number of aliphatic hydroxyl groups excluding tert-OH is 1. The first-order valence-electron chi connectivity index (χ1n) is 6.53. The number of hydrogen-bond acceptors (Lipinski definition) is 8. The minimum Gasteiger partial charge on any atom is -0.463 e. The highest BCUT2D eigenvalue weighted by Gasteiger charge is 2.46. The molecule has 1 aliphatic rings. The van der Waals surface area contributed by atoms with Crippen molar-refractivity contribution in [2.45, 2.75) is 52.3 Å². The molecule has 0 aliphatic carbocycles. The molecule has 0 spiro atoms. The van der Waals surface area contributed by atoms with Crippen molar-refractivity contribution in [3.8, 4) is 0 Å². The summed E-state index contributed by atoms with van der Waals surface area (Å²) in [4.78, 5) is 33.1. The molecule has 0 aromatic rings. The summed E-state index contributed by atoms with van der Waals surface area (Å²) >= 11 is 0. The molecular weight excluding hydrogens is 284 g/mol. The van der Waals surface area contributed by atoms with Crippen molar-refractivity contribution in [1.29, 1.82) is 0 Å². The van der Waals surface area contributed by atoms with E-state index in [1.807, 2.05) is 0 Å². The van der Waals surface area contributed by atoms with Gasteiger partial charge in [-0.05, 0) is 0 Å². The standard InChI is InChI=1S/C13H20O8/c1-6-11(17)10(5-18-7(2)14)21-13(20-9(4)16)12(6)19-8(3)15/h6,10-13,17H,5H2,1-4H3. The molecule has 8 heteroatoms. The molecule has 0 aromatic heterocycles. The van der Waals surface area contributed by atoms with Crippen LogP contribution in [0.4, 0.5) is 0 Å². The molecule has 120 valence electrons. The van der Waals surface area contributed by atoms with Crippen molar-refractivity contribution in [3.05, 3.63) is 0 Å². The van der Waals surface area contributed by atoms with Gasteiger partial charge < -0.3 is 24.1 Å². The van der Waals surface area contributed by atoms with Gasteiger partial charge in [0.05, 0.1) is 6.10 Å². The highest BCUT2D eigenvalue weighted by molar-refractivity contribution is 5.67. The van der Waals surface area contributed by atoms with Crippen LogP contribution in [0.1, 0.15) is 27.7 Å². The Labute approximate surface area is 122 Å². The van der Waals surface area contributed by atoms with E-state index in [1.165, 1.54) is 20.8 Å². The molecule has 0 amide bonds. The Morgan fingerprint density at radius 2 is 1.62 bits per heavy atom. The maximum absolute atomic E-state index is 11.1. The average molecular weight is 304 g/mol. The first-order valence-corrected chi connectivity index (χ1v) is 6.53. The molecule has 5 unspecified atom stereocenters. The van der Waals surface area contributed by atoms with Crippen molar-refractivity contribution in [1.82, 2.24) is 0 Å². The minimum absolute atomic E-state index is 0.189. The van der Waals surface area contributed by atoms with Crippen LogP contribution in [-0.2, 0) is 33.3 Å². The van der Waals surface area contributed by atoms with E-state index >= 15 is 0 Å². The fourth-order valence-corrected chi connectivity index (χ4v) is 2.06. The molecule has 21 heavy (non-hydrogen) atoms. The van der Waals surface area contributed by atoms with Crippen LogP contribution < -0.4 is 0 Å². The summed E-state index contributed by atoms with van der Waals surface area (Å²) in [5.41, 5.74) is 0. The van der Waals surface area contributed by atoms with Gasteiger partial charge in [-0.3, -0.25) is 14.4 Å². The van der Waals surface area contributed by atoms with Crippen molar-refractivity contribution in [2.75, 3.05) is 6.61 Å². The van der Waals surface area contributed by atoms with E-state index < -0.39 is 48.4 Å². The second-order valence-electron chi connectivity index (χ2n) is 4.88. The Morgan fingerprint density at radius 1 is 1.05 bits per heavy atom. The number of carbonyl (C=O) groups is 3. The Balaban J connectivity index is 2.84. The number of rotatable bonds is 4. The third-order valence-corrected chi connectivity index (χ3v) is 3.05. The number of ether oxygens (including phenoxy) is 4. The van der Waals surface area contributed by atoms with Crippen LogP contribution in [0.5, 0.6) is 0 Å². The van der Waals surface area contributed by atoms with E-state index in [9.17, 15) is 19.5 Å². The van der Waals surface area contributed by atoms with Crippen LogP contribution in [0.2, 0.25) is 0 Å². The lowest BCUT2D eigenvalue weighted by atomic mass is 9.90. The van der Waals surface area contributed by atoms with Crippen molar-refractivity contribution in [2.24, 2.45) is 5.92 Å². The Bertz CT molecular complexity index is 405. The van der Waals surface area contributed by atoms with Crippen LogP contribution in [0.15, 0.2) is 0 Å². The predicted molar refractivity (Wildman–Crippen MR) is 67.8 cm³/mol. The van der Waals surface area contributed by atoms with Crippen LogP contribution >= 0.6 is 0 Å². The van der Waals surface area contributed by atoms with E-state index in [0.29, 0.717) is 0 Å². The van der Waals surface area contributed by atoms with Crippen molar-refractivity contribution >= 4 is 17.9 Å². The molecule has 0 saturated carbocycles. The van der Waals surface area contributed by atoms with Crippen LogP contribution in [0.25, 0.3) is 0 Å². The zero-order valence-corrected chi connectivity index (χ0v) is 12.4. The molecule has 1 rings (SSSR count). The third-order valence-electron chi connectivity index (χ3n) is 3.05. The van der Waals surface area contributed by atoms with Gasteiger partial charge in [-0.1, -0.05) is 6.92 Å². The predicted octanol–water partition coefficient (Wildman–Crippen LogP) is -0.234. The lowest BCUT2D eigenvalue weighted by molar-refractivity contribution is -0.283. The fraction of sp³-hybridized carbons (Fsp3) is 0.769. The van der Waals surface area contributed by atoms with Gasteiger partial charge in [0, 0.05) is 26.7 Å². The summed E-state index contributed by atoms with van der Waals surface area (Å²) in [6.07, 6.45) is -4.01. The SMILES string of the molecule is CC(=O)OCC1OC(OC(C)=O)C(OC(C)=O)C(C)C1O. The van der Waals surface area contributed by atoms with Crippen LogP contribution in [0.3, 0.4) is 0 Å². The summed E-state index contributed by atoms with van der Waals surface area (Å²) in [5.74, 6) is -2.29. The first-order chi connectivity index (χ1) is 9.72. The highest BCUT2D eigenvalue weighted by Crippen LogP contribution is 2.29. The largest absolute Gasteiger partial charge is 0.463 e. The second kappa shape index (κ2) is 7.37. The van der Waals surface area contributed by atoms with E-state index in [2.05, 4.69) is 0 Å². The summed E-state index contributed by atoms with van der Waals surface area (Å²) in [6, 6.07) is 0. The van der Waals surface area contributed by atoms with Gasteiger partial charge in [0.25, 0.3) is 0 Å². The lowest BCUT2D eigenvalue weighted by Crippen LogP contribution is -2.57. The number of hydrogen-bond donors (Lipinski definition) is 1. The smallest absolute Gasteiger partial charge is 0.305 e. The molecule has 0 bridgehead atoms. The summed E-state index contributed by atoms with van der Waals surface area (Å²) < 4.78 is 20.2. The molecule has 5 atom stereocenters. The lowest BCUT2D eigenvalue weighted by Gasteiger charge is -2.41. The van der Waals surface area contributed by atoms with E-state index in [1.54, 1.807) is 6.92 Å².